The summed E-state index contributed by atoms with van der Waals surface area (Å²) < 4.78 is 5.86. The minimum Gasteiger partial charge on any atom is -0.462 e. The summed E-state index contributed by atoms with van der Waals surface area (Å²) in [4.78, 5) is 26.0. The molecule has 0 aliphatic carbocycles. The fourth-order valence-electron chi connectivity index (χ4n) is 6.46. The van der Waals surface area contributed by atoms with Crippen molar-refractivity contribution in [1.82, 2.24) is 5.32 Å². The summed E-state index contributed by atoms with van der Waals surface area (Å²) in [5, 5.41) is 23.6. The van der Waals surface area contributed by atoms with E-state index in [4.69, 9.17) is 4.74 Å². The van der Waals surface area contributed by atoms with Crippen LogP contribution in [0, 0.1) is 0 Å². The van der Waals surface area contributed by atoms with Crippen LogP contribution in [0.25, 0.3) is 0 Å². The fraction of sp³-hybridized carbons (Fsp3) is 0.654. The second kappa shape index (κ2) is 44.9. The minimum atomic E-state index is -0.810. The highest BCUT2D eigenvalue weighted by molar-refractivity contribution is 5.77. The molecule has 0 aromatic carbocycles. The highest BCUT2D eigenvalue weighted by Gasteiger charge is 2.24. The van der Waals surface area contributed by atoms with Crippen LogP contribution in [-0.4, -0.2) is 46.9 Å². The first-order valence-electron chi connectivity index (χ1n) is 23.5. The zero-order chi connectivity index (χ0) is 42.4. The summed E-state index contributed by atoms with van der Waals surface area (Å²) in [6.07, 6.45) is 59.0. The Kier molecular flexibility index (Phi) is 42.4. The average molecular weight is 806 g/mol. The molecule has 0 heterocycles. The van der Waals surface area contributed by atoms with Crippen LogP contribution in [0.5, 0.6) is 0 Å². The number of hydrogen-bond donors (Lipinski definition) is 3. The molecule has 0 fully saturated rings. The van der Waals surface area contributed by atoms with Gasteiger partial charge in [-0.1, -0.05) is 195 Å². The molecule has 0 rings (SSSR count). The van der Waals surface area contributed by atoms with E-state index in [2.05, 4.69) is 111 Å². The zero-order valence-electron chi connectivity index (χ0n) is 37.4. The van der Waals surface area contributed by atoms with E-state index in [-0.39, 0.29) is 24.9 Å². The summed E-state index contributed by atoms with van der Waals surface area (Å²) in [6.45, 7) is 6.18. The van der Waals surface area contributed by atoms with Crippen molar-refractivity contribution >= 4 is 11.9 Å². The third-order valence-corrected chi connectivity index (χ3v) is 9.97. The maximum absolute atomic E-state index is 13.1. The van der Waals surface area contributed by atoms with Gasteiger partial charge in [0.15, 0.2) is 0 Å². The van der Waals surface area contributed by atoms with E-state index >= 15 is 0 Å². The quantitative estimate of drug-likeness (QED) is 0.0248. The summed E-state index contributed by atoms with van der Waals surface area (Å²) in [5.41, 5.74) is 0. The number of carbonyl (C=O) groups is 2. The van der Waals surface area contributed by atoms with Gasteiger partial charge in [-0.05, 0) is 83.5 Å². The molecule has 0 aromatic heterocycles. The fourth-order valence-corrected chi connectivity index (χ4v) is 6.46. The molecule has 0 aromatic rings. The molecule has 0 saturated heterocycles. The Morgan fingerprint density at radius 1 is 0.534 bits per heavy atom. The predicted molar refractivity (Wildman–Crippen MR) is 250 cm³/mol. The lowest BCUT2D eigenvalue weighted by Gasteiger charge is -2.24. The molecule has 58 heavy (non-hydrogen) atoms. The van der Waals surface area contributed by atoms with Gasteiger partial charge in [-0.2, -0.15) is 0 Å². The third-order valence-electron chi connectivity index (χ3n) is 9.97. The second-order valence-corrected chi connectivity index (χ2v) is 15.5. The van der Waals surface area contributed by atoms with Crippen molar-refractivity contribution in [2.45, 2.75) is 212 Å². The molecule has 0 radical (unpaired) electrons. The van der Waals surface area contributed by atoms with Gasteiger partial charge in [0, 0.05) is 6.42 Å². The Bertz CT molecular complexity index is 1180. The van der Waals surface area contributed by atoms with Crippen molar-refractivity contribution < 1.29 is 24.5 Å². The van der Waals surface area contributed by atoms with Gasteiger partial charge >= 0.3 is 5.97 Å². The highest BCUT2D eigenvalue weighted by Crippen LogP contribution is 2.16. The van der Waals surface area contributed by atoms with Crippen LogP contribution in [0.15, 0.2) is 97.2 Å². The van der Waals surface area contributed by atoms with Crippen LogP contribution < -0.4 is 5.32 Å². The second-order valence-electron chi connectivity index (χ2n) is 15.5. The Morgan fingerprint density at radius 2 is 1.02 bits per heavy atom. The first-order valence-corrected chi connectivity index (χ1v) is 23.5. The predicted octanol–water partition coefficient (Wildman–Crippen LogP) is 13.8. The Morgan fingerprint density at radius 3 is 1.59 bits per heavy atom. The van der Waals surface area contributed by atoms with Crippen molar-refractivity contribution in [2.75, 3.05) is 6.61 Å². The molecule has 3 N–H and O–H groups in total. The monoisotopic (exact) mass is 806 g/mol. The van der Waals surface area contributed by atoms with Crippen molar-refractivity contribution in [1.29, 1.82) is 0 Å². The molecule has 330 valence electrons. The van der Waals surface area contributed by atoms with Gasteiger partial charge in [-0.25, -0.2) is 0 Å². The smallest absolute Gasteiger partial charge is 0.306 e. The SMILES string of the molecule is CC/C=C\C/C=C\C/C=C\C/C=C\C/C=C\CCCC(=O)OC(CCCCC\C=C/C=C/C=C/CC)CC(=O)NC(CO)C(O)CCCCCCCCCCCCC. The van der Waals surface area contributed by atoms with E-state index in [1.807, 2.05) is 12.2 Å². The molecule has 1 amide bonds. The molecule has 0 aliphatic heterocycles. The van der Waals surface area contributed by atoms with E-state index in [1.54, 1.807) is 0 Å². The maximum Gasteiger partial charge on any atom is 0.306 e. The number of ether oxygens (including phenoxy) is 1. The van der Waals surface area contributed by atoms with Gasteiger partial charge in [0.05, 0.1) is 25.2 Å². The lowest BCUT2D eigenvalue weighted by Crippen LogP contribution is -2.46. The van der Waals surface area contributed by atoms with Crippen LogP contribution >= 0.6 is 0 Å². The van der Waals surface area contributed by atoms with E-state index in [9.17, 15) is 19.8 Å². The standard InChI is InChI=1S/C52H87NO5/c1-4-7-10-13-16-19-22-23-24-25-26-27-30-33-36-39-42-45-52(57)58-48(43-40-37-34-31-28-20-17-14-11-8-5-2)46-51(56)53-49(47-54)50(55)44-41-38-35-32-29-21-18-15-12-9-6-3/h7-8,10-11,14,16-17,19-20,23-24,26-28,33,36,48-50,54-55H,4-6,9,12-13,15,18,21-22,25,29-32,34-35,37-47H2,1-3H3,(H,53,56)/b10-7-,11-8+,17-14+,19-16-,24-23-,27-26-,28-20-,36-33-. The topological polar surface area (TPSA) is 95.9 Å². The van der Waals surface area contributed by atoms with E-state index in [0.29, 0.717) is 25.7 Å². The van der Waals surface area contributed by atoms with Crippen LogP contribution in [0.4, 0.5) is 0 Å². The van der Waals surface area contributed by atoms with E-state index < -0.39 is 18.2 Å². The van der Waals surface area contributed by atoms with Gasteiger partial charge in [0.1, 0.15) is 6.10 Å². The van der Waals surface area contributed by atoms with Crippen molar-refractivity contribution in [3.05, 3.63) is 97.2 Å². The molecule has 0 saturated carbocycles. The van der Waals surface area contributed by atoms with Crippen LogP contribution in [0.1, 0.15) is 194 Å². The summed E-state index contributed by atoms with van der Waals surface area (Å²) in [6, 6.07) is -0.728. The van der Waals surface area contributed by atoms with Crippen LogP contribution in [0.2, 0.25) is 0 Å². The molecule has 0 spiro atoms. The molecule has 0 aliphatic rings. The molecule has 6 heteroatoms. The zero-order valence-corrected chi connectivity index (χ0v) is 37.4. The normalized spacial score (nSPS) is 14.2. The Labute approximate surface area is 356 Å². The molecule has 3 atom stereocenters. The molecular weight excluding hydrogens is 719 g/mol. The summed E-state index contributed by atoms with van der Waals surface area (Å²) in [7, 11) is 0. The third kappa shape index (κ3) is 39.6. The average Bonchev–Trinajstić information content (AvgIpc) is 3.22. The minimum absolute atomic E-state index is 0.0259. The first kappa shape index (κ1) is 54.8. The number of aliphatic hydroxyl groups excluding tert-OH is 2. The number of unbranched alkanes of at least 4 members (excludes halogenated alkanes) is 14. The maximum atomic E-state index is 13.1. The van der Waals surface area contributed by atoms with Crippen molar-refractivity contribution in [2.24, 2.45) is 0 Å². The van der Waals surface area contributed by atoms with E-state index in [1.165, 1.54) is 51.4 Å². The molecule has 3 unspecified atom stereocenters. The number of allylic oxidation sites excluding steroid dienone is 16. The number of nitrogens with one attached hydrogen (secondary N) is 1. The lowest BCUT2D eigenvalue weighted by atomic mass is 10.0. The van der Waals surface area contributed by atoms with Crippen molar-refractivity contribution in [3.8, 4) is 0 Å². The van der Waals surface area contributed by atoms with Gasteiger partial charge in [-0.15, -0.1) is 0 Å². The van der Waals surface area contributed by atoms with Gasteiger partial charge in [0.25, 0.3) is 0 Å². The van der Waals surface area contributed by atoms with Crippen LogP contribution in [0.3, 0.4) is 0 Å². The largest absolute Gasteiger partial charge is 0.462 e. The highest BCUT2D eigenvalue weighted by atomic mass is 16.5. The van der Waals surface area contributed by atoms with Gasteiger partial charge in [-0.3, -0.25) is 9.59 Å². The molecule has 6 nitrogen and oxygen atoms in total. The number of carbonyl (C=O) groups excluding carboxylic acids is 2. The van der Waals surface area contributed by atoms with Crippen molar-refractivity contribution in [3.63, 3.8) is 0 Å². The Balaban J connectivity index is 4.72. The summed E-state index contributed by atoms with van der Waals surface area (Å²) >= 11 is 0. The first-order chi connectivity index (χ1) is 28.5. The Hall–Kier alpha value is -3.22. The number of amides is 1. The van der Waals surface area contributed by atoms with Crippen LogP contribution in [-0.2, 0) is 14.3 Å². The molecular formula is C52H87NO5. The number of rotatable bonds is 40. The summed E-state index contributed by atoms with van der Waals surface area (Å²) in [5.74, 6) is -0.590. The van der Waals surface area contributed by atoms with Gasteiger partial charge in [0.2, 0.25) is 5.91 Å². The number of esters is 1. The molecule has 0 bridgehead atoms. The van der Waals surface area contributed by atoms with E-state index in [0.717, 1.165) is 89.9 Å². The lowest BCUT2D eigenvalue weighted by molar-refractivity contribution is -0.151. The van der Waals surface area contributed by atoms with Gasteiger partial charge < -0.3 is 20.3 Å². The number of aliphatic hydroxyl groups is 2. The number of hydrogen-bond acceptors (Lipinski definition) is 5.